The first-order valence-corrected chi connectivity index (χ1v) is 8.61. The highest BCUT2D eigenvalue weighted by Gasteiger charge is 2.31. The molecule has 1 aromatic carbocycles. The van der Waals surface area contributed by atoms with Crippen LogP contribution in [0.4, 0.5) is 5.69 Å². The first kappa shape index (κ1) is 16.1. The molecule has 2 aromatic rings. The standard InChI is InChI=1S/C14H14N6O3S/c1-9-4-10-5-11(24(16,22)23)2-3-12(10)20(9)14(21)7-19-8-17-13(6-15)18-19/h2-3,5,8-9H,4,7H2,1H3,(H2,16,22,23). The summed E-state index contributed by atoms with van der Waals surface area (Å²) in [6, 6.07) is 6.14. The summed E-state index contributed by atoms with van der Waals surface area (Å²) < 4.78 is 24.2. The van der Waals surface area contributed by atoms with Crippen molar-refractivity contribution in [2.45, 2.75) is 30.8 Å². The second kappa shape index (κ2) is 5.70. The number of sulfonamides is 1. The van der Waals surface area contributed by atoms with E-state index in [1.807, 2.05) is 6.92 Å². The van der Waals surface area contributed by atoms with E-state index in [0.717, 1.165) is 5.56 Å². The van der Waals surface area contributed by atoms with Crippen LogP contribution in [0.5, 0.6) is 0 Å². The monoisotopic (exact) mass is 346 g/mol. The highest BCUT2D eigenvalue weighted by atomic mass is 32.2. The van der Waals surface area contributed by atoms with E-state index in [1.165, 1.54) is 23.1 Å². The molecular weight excluding hydrogens is 332 g/mol. The molecule has 2 heterocycles. The van der Waals surface area contributed by atoms with E-state index in [2.05, 4.69) is 10.1 Å². The quantitative estimate of drug-likeness (QED) is 0.816. The minimum Gasteiger partial charge on any atom is -0.307 e. The fraction of sp³-hybridized carbons (Fsp3) is 0.286. The van der Waals surface area contributed by atoms with Crippen molar-refractivity contribution in [3.05, 3.63) is 35.9 Å². The van der Waals surface area contributed by atoms with Crippen molar-refractivity contribution in [3.63, 3.8) is 0 Å². The Bertz CT molecular complexity index is 959. The van der Waals surface area contributed by atoms with Crippen LogP contribution < -0.4 is 10.0 Å². The molecule has 2 N–H and O–H groups in total. The number of primary sulfonamides is 1. The van der Waals surface area contributed by atoms with E-state index in [-0.39, 0.29) is 29.2 Å². The summed E-state index contributed by atoms with van der Waals surface area (Å²) in [5, 5.41) is 17.7. The molecule has 0 aliphatic carbocycles. The fourth-order valence-electron chi connectivity index (χ4n) is 2.80. The van der Waals surface area contributed by atoms with E-state index in [4.69, 9.17) is 10.4 Å². The zero-order valence-corrected chi connectivity index (χ0v) is 13.6. The Morgan fingerprint density at radius 1 is 1.50 bits per heavy atom. The van der Waals surface area contributed by atoms with Crippen LogP contribution in [0.1, 0.15) is 18.3 Å². The molecule has 0 fully saturated rings. The molecule has 10 heteroatoms. The maximum absolute atomic E-state index is 12.6. The van der Waals surface area contributed by atoms with Crippen molar-refractivity contribution in [3.8, 4) is 6.07 Å². The second-order valence-electron chi connectivity index (χ2n) is 5.53. The van der Waals surface area contributed by atoms with Gasteiger partial charge in [-0.1, -0.05) is 0 Å². The Hall–Kier alpha value is -2.77. The number of nitrogens with zero attached hydrogens (tertiary/aromatic N) is 5. The summed E-state index contributed by atoms with van der Waals surface area (Å²) in [5.41, 5.74) is 1.40. The fourth-order valence-corrected chi connectivity index (χ4v) is 3.37. The first-order valence-electron chi connectivity index (χ1n) is 7.07. The van der Waals surface area contributed by atoms with Crippen LogP contribution in [-0.2, 0) is 27.8 Å². The molecule has 0 bridgehead atoms. The maximum atomic E-state index is 12.6. The summed E-state index contributed by atoms with van der Waals surface area (Å²) in [6.45, 7) is 1.81. The third kappa shape index (κ3) is 2.86. The SMILES string of the molecule is CC1Cc2cc(S(N)(=O)=O)ccc2N1C(=O)Cn1cnc(C#N)n1. The summed E-state index contributed by atoms with van der Waals surface area (Å²) in [7, 11) is -3.78. The molecule has 1 aromatic heterocycles. The predicted octanol–water partition coefficient (Wildman–Crippen LogP) is -0.225. The number of aromatic nitrogens is 3. The van der Waals surface area contributed by atoms with Crippen LogP contribution in [0.2, 0.25) is 0 Å². The average molecular weight is 346 g/mol. The van der Waals surface area contributed by atoms with Gasteiger partial charge in [0.1, 0.15) is 18.9 Å². The van der Waals surface area contributed by atoms with Crippen LogP contribution in [0.3, 0.4) is 0 Å². The smallest absolute Gasteiger partial charge is 0.252 e. The van der Waals surface area contributed by atoms with E-state index in [0.29, 0.717) is 12.1 Å². The number of carbonyl (C=O) groups excluding carboxylic acids is 1. The number of rotatable bonds is 3. The summed E-state index contributed by atoms with van der Waals surface area (Å²) in [5.74, 6) is -0.227. The Morgan fingerprint density at radius 2 is 2.25 bits per heavy atom. The van der Waals surface area contributed by atoms with Crippen molar-refractivity contribution in [2.24, 2.45) is 5.14 Å². The van der Waals surface area contributed by atoms with E-state index >= 15 is 0 Å². The lowest BCUT2D eigenvalue weighted by Gasteiger charge is -2.22. The lowest BCUT2D eigenvalue weighted by atomic mass is 10.1. The second-order valence-corrected chi connectivity index (χ2v) is 7.09. The number of anilines is 1. The Morgan fingerprint density at radius 3 is 2.88 bits per heavy atom. The van der Waals surface area contributed by atoms with Crippen molar-refractivity contribution >= 4 is 21.6 Å². The van der Waals surface area contributed by atoms with E-state index < -0.39 is 10.0 Å². The molecule has 9 nitrogen and oxygen atoms in total. The molecule has 0 spiro atoms. The van der Waals surface area contributed by atoms with Crippen molar-refractivity contribution in [1.82, 2.24) is 14.8 Å². The molecule has 0 radical (unpaired) electrons. The van der Waals surface area contributed by atoms with Crippen LogP contribution in [0.25, 0.3) is 0 Å². The van der Waals surface area contributed by atoms with Gasteiger partial charge in [-0.15, -0.1) is 5.10 Å². The Balaban J connectivity index is 1.88. The number of carbonyl (C=O) groups is 1. The molecule has 1 amide bonds. The van der Waals surface area contributed by atoms with Crippen LogP contribution in [0.15, 0.2) is 29.4 Å². The molecule has 1 aliphatic heterocycles. The van der Waals surface area contributed by atoms with Crippen molar-refractivity contribution in [1.29, 1.82) is 5.26 Å². The molecular formula is C14H14N6O3S. The van der Waals surface area contributed by atoms with E-state index in [9.17, 15) is 13.2 Å². The number of amides is 1. The highest BCUT2D eigenvalue weighted by molar-refractivity contribution is 7.89. The average Bonchev–Trinajstić information content (AvgIpc) is 3.08. The zero-order chi connectivity index (χ0) is 17.5. The normalized spacial score (nSPS) is 16.7. The Kier molecular flexibility index (Phi) is 3.82. The highest BCUT2D eigenvalue weighted by Crippen LogP contribution is 2.33. The summed E-state index contributed by atoms with van der Waals surface area (Å²) in [4.78, 5) is 18.0. The van der Waals surface area contributed by atoms with Crippen molar-refractivity contribution in [2.75, 3.05) is 4.90 Å². The molecule has 0 saturated heterocycles. The van der Waals surface area contributed by atoms with E-state index in [1.54, 1.807) is 17.0 Å². The van der Waals surface area contributed by atoms with Gasteiger partial charge in [0.2, 0.25) is 15.9 Å². The van der Waals surface area contributed by atoms with Gasteiger partial charge in [0, 0.05) is 11.7 Å². The van der Waals surface area contributed by atoms with Crippen LogP contribution in [0, 0.1) is 11.3 Å². The third-order valence-electron chi connectivity index (χ3n) is 3.80. The predicted molar refractivity (Wildman–Crippen MR) is 83.2 cm³/mol. The number of benzene rings is 1. The topological polar surface area (TPSA) is 135 Å². The molecule has 1 atom stereocenters. The van der Waals surface area contributed by atoms with Crippen molar-refractivity contribution < 1.29 is 13.2 Å². The number of hydrogen-bond donors (Lipinski definition) is 1. The summed E-state index contributed by atoms with van der Waals surface area (Å²) in [6.07, 6.45) is 1.85. The molecule has 1 aliphatic rings. The number of fused-ring (bicyclic) bond motifs is 1. The molecule has 1 unspecified atom stereocenters. The van der Waals surface area contributed by atoms with Crippen LogP contribution in [-0.4, -0.2) is 35.1 Å². The van der Waals surface area contributed by atoms with Gasteiger partial charge in [0.05, 0.1) is 4.90 Å². The molecule has 0 saturated carbocycles. The van der Waals surface area contributed by atoms with Gasteiger partial charge in [-0.3, -0.25) is 4.79 Å². The maximum Gasteiger partial charge on any atom is 0.252 e. The zero-order valence-electron chi connectivity index (χ0n) is 12.7. The Labute approximate surface area is 138 Å². The number of hydrogen-bond acceptors (Lipinski definition) is 6. The minimum atomic E-state index is -3.78. The van der Waals surface area contributed by atoms with Gasteiger partial charge in [0.15, 0.2) is 0 Å². The van der Waals surface area contributed by atoms with Gasteiger partial charge in [-0.25, -0.2) is 23.2 Å². The molecule has 24 heavy (non-hydrogen) atoms. The number of nitrogens with two attached hydrogens (primary N) is 1. The largest absolute Gasteiger partial charge is 0.307 e. The van der Waals surface area contributed by atoms with Crippen LogP contribution >= 0.6 is 0 Å². The first-order chi connectivity index (χ1) is 11.3. The third-order valence-corrected chi connectivity index (χ3v) is 4.71. The van der Waals surface area contributed by atoms with Gasteiger partial charge in [-0.05, 0) is 37.1 Å². The number of nitriles is 1. The molecule has 124 valence electrons. The van der Waals surface area contributed by atoms with Gasteiger partial charge in [-0.2, -0.15) is 5.26 Å². The van der Waals surface area contributed by atoms with Gasteiger partial charge < -0.3 is 4.90 Å². The molecule has 3 rings (SSSR count). The lowest BCUT2D eigenvalue weighted by Crippen LogP contribution is -2.38. The van der Waals surface area contributed by atoms with Gasteiger partial charge >= 0.3 is 0 Å². The summed E-state index contributed by atoms with van der Waals surface area (Å²) >= 11 is 0. The minimum absolute atomic E-state index is 0.00420. The van der Waals surface area contributed by atoms with Gasteiger partial charge in [0.25, 0.3) is 5.82 Å². The lowest BCUT2D eigenvalue weighted by molar-refractivity contribution is -0.119.